The molecular weight excluding hydrogens is 202 g/mol. The van der Waals surface area contributed by atoms with Gasteiger partial charge in [-0.2, -0.15) is 0 Å². The fraction of sp³-hybridized carbons (Fsp3) is 1.00. The van der Waals surface area contributed by atoms with Gasteiger partial charge in [-0.05, 0) is 33.1 Å². The minimum atomic E-state index is -0.411. The van der Waals surface area contributed by atoms with Gasteiger partial charge in [0.25, 0.3) is 0 Å². The van der Waals surface area contributed by atoms with Crippen LogP contribution in [0.5, 0.6) is 0 Å². The third-order valence-corrected chi connectivity index (χ3v) is 3.36. The van der Waals surface area contributed by atoms with Crippen molar-refractivity contribution in [2.45, 2.75) is 71.6 Å². The molecule has 0 aromatic rings. The quantitative estimate of drug-likeness (QED) is 0.640. The van der Waals surface area contributed by atoms with Crippen LogP contribution < -0.4 is 5.32 Å². The zero-order valence-electron chi connectivity index (χ0n) is 11.5. The van der Waals surface area contributed by atoms with E-state index in [9.17, 15) is 5.11 Å². The van der Waals surface area contributed by atoms with Crippen LogP contribution in [-0.4, -0.2) is 36.0 Å². The van der Waals surface area contributed by atoms with Crippen LogP contribution in [-0.2, 0) is 4.74 Å². The second-order valence-corrected chi connectivity index (χ2v) is 4.76. The van der Waals surface area contributed by atoms with Crippen LogP contribution in [0.3, 0.4) is 0 Å². The molecule has 0 aromatic heterocycles. The van der Waals surface area contributed by atoms with E-state index in [0.29, 0.717) is 13.2 Å². The van der Waals surface area contributed by atoms with Gasteiger partial charge in [-0.1, -0.05) is 20.8 Å². The van der Waals surface area contributed by atoms with Gasteiger partial charge in [-0.3, -0.25) is 0 Å². The highest BCUT2D eigenvalue weighted by atomic mass is 16.5. The second-order valence-electron chi connectivity index (χ2n) is 4.76. The Labute approximate surface area is 101 Å². The summed E-state index contributed by atoms with van der Waals surface area (Å²) in [4.78, 5) is 0. The van der Waals surface area contributed by atoms with Gasteiger partial charge in [0.15, 0.2) is 0 Å². The fourth-order valence-electron chi connectivity index (χ4n) is 1.82. The minimum absolute atomic E-state index is 0.179. The highest BCUT2D eigenvalue weighted by Crippen LogP contribution is 2.18. The number of nitrogens with one attached hydrogen (secondary N) is 1. The Morgan fingerprint density at radius 3 is 2.00 bits per heavy atom. The summed E-state index contributed by atoms with van der Waals surface area (Å²) >= 11 is 0. The van der Waals surface area contributed by atoms with Crippen molar-refractivity contribution < 1.29 is 9.84 Å². The summed E-state index contributed by atoms with van der Waals surface area (Å²) < 4.78 is 5.38. The Bertz CT molecular complexity index is 159. The first-order valence-corrected chi connectivity index (χ1v) is 6.54. The second kappa shape index (κ2) is 8.04. The molecule has 0 aliphatic heterocycles. The molecule has 0 aliphatic carbocycles. The lowest BCUT2D eigenvalue weighted by Crippen LogP contribution is -2.47. The first-order chi connectivity index (χ1) is 7.49. The molecule has 1 unspecified atom stereocenters. The number of aliphatic hydroxyl groups excluding tert-OH is 1. The molecule has 0 saturated carbocycles. The molecule has 3 heteroatoms. The van der Waals surface area contributed by atoms with E-state index in [-0.39, 0.29) is 11.6 Å². The van der Waals surface area contributed by atoms with E-state index in [2.05, 4.69) is 26.1 Å². The summed E-state index contributed by atoms with van der Waals surface area (Å²) in [7, 11) is 0. The Morgan fingerprint density at radius 2 is 1.62 bits per heavy atom. The highest BCUT2D eigenvalue weighted by molar-refractivity contribution is 4.84. The van der Waals surface area contributed by atoms with Gasteiger partial charge >= 0.3 is 0 Å². The SMILES string of the molecule is CCC(CC)(CC)NCC(O)COC(C)C. The monoisotopic (exact) mass is 231 g/mol. The van der Waals surface area contributed by atoms with Crippen molar-refractivity contribution in [1.82, 2.24) is 5.32 Å². The molecule has 0 rings (SSSR count). The molecule has 1 atom stereocenters. The molecule has 0 heterocycles. The number of β-amino-alcohol motifs (C(OH)–C–C–N with tert-alkyl or cyclic N) is 1. The summed E-state index contributed by atoms with van der Waals surface area (Å²) in [6.07, 6.45) is 3.06. The maximum absolute atomic E-state index is 9.76. The summed E-state index contributed by atoms with van der Waals surface area (Å²) in [5, 5.41) is 13.2. The first-order valence-electron chi connectivity index (χ1n) is 6.54. The molecule has 0 bridgehead atoms. The third kappa shape index (κ3) is 5.83. The summed E-state index contributed by atoms with van der Waals surface area (Å²) in [5.74, 6) is 0. The Kier molecular flexibility index (Phi) is 7.98. The van der Waals surface area contributed by atoms with E-state index in [1.165, 1.54) is 0 Å². The van der Waals surface area contributed by atoms with Crippen molar-refractivity contribution in [3.63, 3.8) is 0 Å². The lowest BCUT2D eigenvalue weighted by molar-refractivity contribution is 0.00289. The number of hydrogen-bond acceptors (Lipinski definition) is 3. The predicted molar refractivity (Wildman–Crippen MR) is 68.7 cm³/mol. The van der Waals surface area contributed by atoms with E-state index < -0.39 is 6.10 Å². The van der Waals surface area contributed by atoms with Crippen molar-refractivity contribution in [3.8, 4) is 0 Å². The molecule has 16 heavy (non-hydrogen) atoms. The van der Waals surface area contributed by atoms with Crippen LogP contribution in [0.1, 0.15) is 53.9 Å². The lowest BCUT2D eigenvalue weighted by Gasteiger charge is -2.33. The Morgan fingerprint density at radius 1 is 1.12 bits per heavy atom. The molecule has 2 N–H and O–H groups in total. The fourth-order valence-corrected chi connectivity index (χ4v) is 1.82. The minimum Gasteiger partial charge on any atom is -0.389 e. The molecule has 0 fully saturated rings. The Balaban J connectivity index is 3.91. The lowest BCUT2D eigenvalue weighted by atomic mass is 9.89. The smallest absolute Gasteiger partial charge is 0.0898 e. The highest BCUT2D eigenvalue weighted by Gasteiger charge is 2.23. The molecule has 0 saturated heterocycles. The number of ether oxygens (including phenoxy) is 1. The summed E-state index contributed by atoms with van der Waals surface area (Å²) in [6.45, 7) is 11.6. The maximum atomic E-state index is 9.76. The predicted octanol–water partition coefficient (Wildman–Crippen LogP) is 2.33. The molecular formula is C13H29NO2. The number of hydrogen-bond donors (Lipinski definition) is 2. The largest absolute Gasteiger partial charge is 0.389 e. The average Bonchev–Trinajstić information content (AvgIpc) is 2.29. The van der Waals surface area contributed by atoms with Crippen molar-refractivity contribution in [1.29, 1.82) is 0 Å². The van der Waals surface area contributed by atoms with E-state index in [1.54, 1.807) is 0 Å². The van der Waals surface area contributed by atoms with Gasteiger partial charge in [0.1, 0.15) is 0 Å². The van der Waals surface area contributed by atoms with Crippen LogP contribution in [0.15, 0.2) is 0 Å². The average molecular weight is 231 g/mol. The summed E-state index contributed by atoms with van der Waals surface area (Å²) in [6, 6.07) is 0. The van der Waals surface area contributed by atoms with Gasteiger partial charge in [-0.25, -0.2) is 0 Å². The standard InChI is InChI=1S/C13H29NO2/c1-6-13(7-2,8-3)14-9-12(15)10-16-11(4)5/h11-12,14-15H,6-10H2,1-5H3. The van der Waals surface area contributed by atoms with E-state index in [0.717, 1.165) is 19.3 Å². The zero-order valence-corrected chi connectivity index (χ0v) is 11.5. The van der Waals surface area contributed by atoms with Crippen LogP contribution in [0.2, 0.25) is 0 Å². The van der Waals surface area contributed by atoms with E-state index in [1.807, 2.05) is 13.8 Å². The van der Waals surface area contributed by atoms with Gasteiger partial charge in [0, 0.05) is 12.1 Å². The molecule has 0 amide bonds. The zero-order chi connectivity index (χ0) is 12.6. The van der Waals surface area contributed by atoms with Crippen molar-refractivity contribution in [3.05, 3.63) is 0 Å². The normalized spacial score (nSPS) is 14.4. The third-order valence-electron chi connectivity index (χ3n) is 3.36. The van der Waals surface area contributed by atoms with Crippen molar-refractivity contribution in [2.75, 3.05) is 13.2 Å². The van der Waals surface area contributed by atoms with Crippen LogP contribution in [0, 0.1) is 0 Å². The molecule has 0 aromatic carbocycles. The van der Waals surface area contributed by atoms with E-state index in [4.69, 9.17) is 4.74 Å². The van der Waals surface area contributed by atoms with Crippen LogP contribution in [0.4, 0.5) is 0 Å². The van der Waals surface area contributed by atoms with E-state index >= 15 is 0 Å². The van der Waals surface area contributed by atoms with Crippen LogP contribution in [0.25, 0.3) is 0 Å². The van der Waals surface area contributed by atoms with Gasteiger partial charge in [0.2, 0.25) is 0 Å². The topological polar surface area (TPSA) is 41.5 Å². The van der Waals surface area contributed by atoms with Crippen molar-refractivity contribution in [2.24, 2.45) is 0 Å². The maximum Gasteiger partial charge on any atom is 0.0898 e. The Hall–Kier alpha value is -0.120. The molecule has 98 valence electrons. The van der Waals surface area contributed by atoms with Gasteiger partial charge in [0.05, 0.1) is 18.8 Å². The van der Waals surface area contributed by atoms with Gasteiger partial charge < -0.3 is 15.2 Å². The molecule has 3 nitrogen and oxygen atoms in total. The molecule has 0 spiro atoms. The van der Waals surface area contributed by atoms with Gasteiger partial charge in [-0.15, -0.1) is 0 Å². The summed E-state index contributed by atoms with van der Waals surface area (Å²) in [5.41, 5.74) is 0.179. The molecule has 0 radical (unpaired) electrons. The first kappa shape index (κ1) is 15.9. The van der Waals surface area contributed by atoms with Crippen molar-refractivity contribution >= 4 is 0 Å². The number of rotatable bonds is 9. The van der Waals surface area contributed by atoms with Crippen LogP contribution >= 0.6 is 0 Å². The molecule has 0 aliphatic rings. The number of aliphatic hydroxyl groups is 1.